The number of nitrogens with two attached hydrogens (primary N) is 1. The summed E-state index contributed by atoms with van der Waals surface area (Å²) in [5.74, 6) is -1.96. The summed E-state index contributed by atoms with van der Waals surface area (Å²) in [6, 6.07) is 4.56. The van der Waals surface area contributed by atoms with Gasteiger partial charge in [-0.25, -0.2) is 9.18 Å². The molecule has 1 aromatic heterocycles. The van der Waals surface area contributed by atoms with Crippen LogP contribution in [-0.2, 0) is 6.54 Å². The Morgan fingerprint density at radius 3 is 2.80 bits per heavy atom. The number of benzene rings is 1. The molecule has 4 nitrogen and oxygen atoms in total. The van der Waals surface area contributed by atoms with Crippen LogP contribution >= 0.6 is 27.3 Å². The molecule has 0 bridgehead atoms. The summed E-state index contributed by atoms with van der Waals surface area (Å²) < 4.78 is 14.4. The van der Waals surface area contributed by atoms with Crippen molar-refractivity contribution in [2.24, 2.45) is 0 Å². The molecule has 0 aliphatic rings. The van der Waals surface area contributed by atoms with Gasteiger partial charge in [-0.15, -0.1) is 11.3 Å². The molecule has 0 atom stereocenters. The first kappa shape index (κ1) is 14.8. The van der Waals surface area contributed by atoms with Gasteiger partial charge in [-0.05, 0) is 34.1 Å². The van der Waals surface area contributed by atoms with Gasteiger partial charge in [-0.2, -0.15) is 0 Å². The number of hydrogen-bond donors (Lipinski definition) is 2. The summed E-state index contributed by atoms with van der Waals surface area (Å²) in [5, 5.41) is 11.2. The summed E-state index contributed by atoms with van der Waals surface area (Å²) in [4.78, 5) is 14.1. The summed E-state index contributed by atoms with van der Waals surface area (Å²) in [7, 11) is 1.74. The summed E-state index contributed by atoms with van der Waals surface area (Å²) in [5.41, 5.74) is 5.38. The zero-order chi connectivity index (χ0) is 14.9. The van der Waals surface area contributed by atoms with E-state index in [1.165, 1.54) is 12.1 Å². The molecule has 7 heteroatoms. The quantitative estimate of drug-likeness (QED) is 0.820. The van der Waals surface area contributed by atoms with Gasteiger partial charge < -0.3 is 15.7 Å². The molecular formula is C13H12BrFN2O2S. The van der Waals surface area contributed by atoms with Crippen LogP contribution in [0.3, 0.4) is 0 Å². The maximum atomic E-state index is 13.4. The van der Waals surface area contributed by atoms with Gasteiger partial charge in [0.05, 0.1) is 17.9 Å². The molecule has 1 aromatic carbocycles. The van der Waals surface area contributed by atoms with Crippen molar-refractivity contribution in [3.05, 3.63) is 44.3 Å². The summed E-state index contributed by atoms with van der Waals surface area (Å²) in [6.07, 6.45) is 0. The normalized spacial score (nSPS) is 10.6. The maximum Gasteiger partial charge on any atom is 0.340 e. The standard InChI is InChI=1S/C13H12BrFN2O2S/c1-17(5-8-4-7(14)6-20-8)10-3-2-9(15)12(16)11(10)13(18)19/h2-4,6H,5,16H2,1H3,(H,18,19). The van der Waals surface area contributed by atoms with Crippen molar-refractivity contribution in [2.45, 2.75) is 6.54 Å². The molecule has 0 amide bonds. The van der Waals surface area contributed by atoms with E-state index in [9.17, 15) is 14.3 Å². The van der Waals surface area contributed by atoms with Gasteiger partial charge in [-0.3, -0.25) is 0 Å². The fraction of sp³-hybridized carbons (Fsp3) is 0.154. The van der Waals surface area contributed by atoms with Crippen LogP contribution in [0.1, 0.15) is 15.2 Å². The van der Waals surface area contributed by atoms with Crippen LogP contribution in [0.5, 0.6) is 0 Å². The first-order valence-electron chi connectivity index (χ1n) is 5.65. The van der Waals surface area contributed by atoms with E-state index in [0.717, 1.165) is 9.35 Å². The van der Waals surface area contributed by atoms with Crippen LogP contribution in [0.2, 0.25) is 0 Å². The molecule has 0 spiro atoms. The Morgan fingerprint density at radius 2 is 2.25 bits per heavy atom. The number of aromatic carboxylic acids is 1. The van der Waals surface area contributed by atoms with Gasteiger partial charge in [0.2, 0.25) is 0 Å². The van der Waals surface area contributed by atoms with E-state index < -0.39 is 11.8 Å². The minimum absolute atomic E-state index is 0.205. The zero-order valence-corrected chi connectivity index (χ0v) is 13.0. The number of nitrogens with zero attached hydrogens (tertiary/aromatic N) is 1. The highest BCUT2D eigenvalue weighted by Crippen LogP contribution is 2.30. The first-order valence-corrected chi connectivity index (χ1v) is 7.32. The van der Waals surface area contributed by atoms with Gasteiger partial charge >= 0.3 is 5.97 Å². The van der Waals surface area contributed by atoms with Crippen LogP contribution in [0.4, 0.5) is 15.8 Å². The van der Waals surface area contributed by atoms with Crippen molar-refractivity contribution in [1.82, 2.24) is 0 Å². The monoisotopic (exact) mass is 358 g/mol. The Bertz CT molecular complexity index is 660. The third-order valence-corrected chi connectivity index (χ3v) is 4.49. The Labute approximate surface area is 127 Å². The van der Waals surface area contributed by atoms with E-state index in [4.69, 9.17) is 5.73 Å². The lowest BCUT2D eigenvalue weighted by Gasteiger charge is -2.21. The number of halogens is 2. The Balaban J connectivity index is 2.36. The van der Waals surface area contributed by atoms with Crippen molar-refractivity contribution in [1.29, 1.82) is 0 Å². The van der Waals surface area contributed by atoms with Gasteiger partial charge in [0, 0.05) is 21.8 Å². The Morgan fingerprint density at radius 1 is 1.55 bits per heavy atom. The lowest BCUT2D eigenvalue weighted by Crippen LogP contribution is -2.20. The number of thiophene rings is 1. The zero-order valence-electron chi connectivity index (χ0n) is 10.6. The first-order chi connectivity index (χ1) is 9.40. The molecule has 0 radical (unpaired) electrons. The van der Waals surface area contributed by atoms with Crippen LogP contribution in [-0.4, -0.2) is 18.1 Å². The Kier molecular flexibility index (Phi) is 4.29. The number of hydrogen-bond acceptors (Lipinski definition) is 4. The number of carbonyl (C=O) groups is 1. The second-order valence-corrected chi connectivity index (χ2v) is 6.16. The molecule has 2 aromatic rings. The van der Waals surface area contributed by atoms with Crippen molar-refractivity contribution in [3.63, 3.8) is 0 Å². The predicted octanol–water partition coefficient (Wildman–Crippen LogP) is 3.57. The van der Waals surface area contributed by atoms with Crippen molar-refractivity contribution in [2.75, 3.05) is 17.7 Å². The number of carboxylic acids is 1. The average molecular weight is 359 g/mol. The number of carboxylic acid groups (broad SMARTS) is 1. The molecule has 2 rings (SSSR count). The second-order valence-electron chi connectivity index (χ2n) is 4.25. The van der Waals surface area contributed by atoms with Gasteiger partial charge in [-0.1, -0.05) is 0 Å². The number of rotatable bonds is 4. The smallest absolute Gasteiger partial charge is 0.340 e. The molecule has 0 saturated heterocycles. The fourth-order valence-electron chi connectivity index (χ4n) is 1.88. The molecular weight excluding hydrogens is 347 g/mol. The molecule has 0 aliphatic carbocycles. The SMILES string of the molecule is CN(Cc1cc(Br)cs1)c1ccc(F)c(N)c1C(=O)O. The predicted molar refractivity (Wildman–Crippen MR) is 81.9 cm³/mol. The van der Waals surface area contributed by atoms with E-state index in [-0.39, 0.29) is 11.3 Å². The number of anilines is 2. The largest absolute Gasteiger partial charge is 0.478 e. The highest BCUT2D eigenvalue weighted by molar-refractivity contribution is 9.10. The average Bonchev–Trinajstić information content (AvgIpc) is 2.77. The molecule has 20 heavy (non-hydrogen) atoms. The Hall–Kier alpha value is -1.60. The van der Waals surface area contributed by atoms with Crippen LogP contribution in [0.25, 0.3) is 0 Å². The summed E-state index contributed by atoms with van der Waals surface area (Å²) in [6.45, 7) is 0.515. The van der Waals surface area contributed by atoms with E-state index in [2.05, 4.69) is 15.9 Å². The molecule has 0 unspecified atom stereocenters. The minimum Gasteiger partial charge on any atom is -0.478 e. The van der Waals surface area contributed by atoms with Crippen LogP contribution in [0.15, 0.2) is 28.1 Å². The molecule has 106 valence electrons. The van der Waals surface area contributed by atoms with Crippen molar-refractivity contribution < 1.29 is 14.3 Å². The van der Waals surface area contributed by atoms with Crippen LogP contribution in [0, 0.1) is 5.82 Å². The third-order valence-electron chi connectivity index (χ3n) is 2.81. The van der Waals surface area contributed by atoms with Gasteiger partial charge in [0.15, 0.2) is 0 Å². The highest BCUT2D eigenvalue weighted by atomic mass is 79.9. The van der Waals surface area contributed by atoms with Crippen LogP contribution < -0.4 is 10.6 Å². The molecule has 0 aliphatic heterocycles. The molecule has 3 N–H and O–H groups in total. The summed E-state index contributed by atoms with van der Waals surface area (Å²) >= 11 is 4.92. The van der Waals surface area contributed by atoms with Gasteiger partial charge in [0.1, 0.15) is 11.4 Å². The second kappa shape index (κ2) is 5.80. The van der Waals surface area contributed by atoms with Gasteiger partial charge in [0.25, 0.3) is 0 Å². The van der Waals surface area contributed by atoms with Crippen molar-refractivity contribution >= 4 is 44.6 Å². The lowest BCUT2D eigenvalue weighted by atomic mass is 10.1. The van der Waals surface area contributed by atoms with E-state index in [0.29, 0.717) is 12.2 Å². The van der Waals surface area contributed by atoms with E-state index >= 15 is 0 Å². The fourth-order valence-corrected chi connectivity index (χ4v) is 3.38. The van der Waals surface area contributed by atoms with Crippen molar-refractivity contribution in [3.8, 4) is 0 Å². The number of nitrogen functional groups attached to an aromatic ring is 1. The molecule has 0 saturated carbocycles. The molecule has 0 fully saturated rings. The highest BCUT2D eigenvalue weighted by Gasteiger charge is 2.20. The minimum atomic E-state index is -1.24. The third kappa shape index (κ3) is 2.94. The van der Waals surface area contributed by atoms with E-state index in [1.54, 1.807) is 23.3 Å². The topological polar surface area (TPSA) is 66.6 Å². The maximum absolute atomic E-state index is 13.4. The molecule has 1 heterocycles. The van der Waals surface area contributed by atoms with E-state index in [1.807, 2.05) is 11.4 Å². The lowest BCUT2D eigenvalue weighted by molar-refractivity contribution is 0.0698.